The molecule has 0 saturated carbocycles. The van der Waals surface area contributed by atoms with Gasteiger partial charge in [0, 0.05) is 18.7 Å². The predicted octanol–water partition coefficient (Wildman–Crippen LogP) is 2.85. The molecule has 3 heterocycles. The number of primary amides is 1. The Morgan fingerprint density at radius 2 is 2.22 bits per heavy atom. The summed E-state index contributed by atoms with van der Waals surface area (Å²) in [6.07, 6.45) is 3.29. The molecule has 0 radical (unpaired) electrons. The van der Waals surface area contributed by atoms with Crippen LogP contribution in [0.25, 0.3) is 21.5 Å². The standard InChI is InChI=1S/C16H17N5OS/c17-15(22)13-14(10-4-5-12-11(8-10)19-9-23-12)20-21-7-3-1-2-6-18-16(13)21/h4-5,8-9,18H,1-3,6-7H2,(H2,17,22). The van der Waals surface area contributed by atoms with Crippen molar-refractivity contribution in [2.45, 2.75) is 25.8 Å². The number of benzene rings is 1. The molecule has 3 N–H and O–H groups in total. The predicted molar refractivity (Wildman–Crippen MR) is 91.7 cm³/mol. The molecule has 1 aliphatic heterocycles. The van der Waals surface area contributed by atoms with E-state index < -0.39 is 5.91 Å². The van der Waals surface area contributed by atoms with Crippen LogP contribution in [0.5, 0.6) is 0 Å². The van der Waals surface area contributed by atoms with Gasteiger partial charge in [-0.3, -0.25) is 4.79 Å². The van der Waals surface area contributed by atoms with Crippen LogP contribution in [-0.4, -0.2) is 27.2 Å². The van der Waals surface area contributed by atoms with Crippen LogP contribution in [0.1, 0.15) is 29.6 Å². The number of hydrogen-bond donors (Lipinski definition) is 2. The number of fused-ring (bicyclic) bond motifs is 2. The number of carbonyl (C=O) groups excluding carboxylic acids is 1. The second-order valence-electron chi connectivity index (χ2n) is 5.68. The Kier molecular flexibility index (Phi) is 3.49. The van der Waals surface area contributed by atoms with E-state index in [0.717, 1.165) is 53.9 Å². The number of hydrogen-bond acceptors (Lipinski definition) is 5. The lowest BCUT2D eigenvalue weighted by Crippen LogP contribution is -2.18. The number of rotatable bonds is 2. The molecule has 0 fully saturated rings. The number of thiazole rings is 1. The quantitative estimate of drug-likeness (QED) is 0.758. The zero-order chi connectivity index (χ0) is 15.8. The largest absolute Gasteiger partial charge is 0.370 e. The summed E-state index contributed by atoms with van der Waals surface area (Å²) in [7, 11) is 0. The smallest absolute Gasteiger partial charge is 0.254 e. The van der Waals surface area contributed by atoms with Crippen LogP contribution in [0.15, 0.2) is 23.7 Å². The van der Waals surface area contributed by atoms with Gasteiger partial charge in [0.2, 0.25) is 0 Å². The van der Waals surface area contributed by atoms with Crippen molar-refractivity contribution in [1.82, 2.24) is 14.8 Å². The SMILES string of the molecule is NC(=O)c1c(-c2ccc3scnc3c2)nn2c1NCCCCC2. The summed E-state index contributed by atoms with van der Waals surface area (Å²) in [4.78, 5) is 16.4. The van der Waals surface area contributed by atoms with E-state index in [9.17, 15) is 4.79 Å². The van der Waals surface area contributed by atoms with Gasteiger partial charge in [-0.15, -0.1) is 11.3 Å². The number of nitrogens with two attached hydrogens (primary N) is 1. The molecular weight excluding hydrogens is 310 g/mol. The van der Waals surface area contributed by atoms with Crippen molar-refractivity contribution in [3.8, 4) is 11.3 Å². The summed E-state index contributed by atoms with van der Waals surface area (Å²) >= 11 is 1.59. The maximum atomic E-state index is 12.1. The molecule has 6 nitrogen and oxygen atoms in total. The molecule has 0 spiro atoms. The molecule has 3 aromatic rings. The molecule has 4 rings (SSSR count). The highest BCUT2D eigenvalue weighted by molar-refractivity contribution is 7.16. The van der Waals surface area contributed by atoms with Crippen LogP contribution in [0.2, 0.25) is 0 Å². The maximum Gasteiger partial charge on any atom is 0.254 e. The number of aromatic nitrogens is 3. The zero-order valence-electron chi connectivity index (χ0n) is 12.6. The molecule has 2 aromatic heterocycles. The summed E-state index contributed by atoms with van der Waals surface area (Å²) in [6.45, 7) is 1.62. The third-order valence-electron chi connectivity index (χ3n) is 4.14. The van der Waals surface area contributed by atoms with Crippen LogP contribution < -0.4 is 11.1 Å². The molecule has 118 valence electrons. The highest BCUT2D eigenvalue weighted by atomic mass is 32.1. The third kappa shape index (κ3) is 2.46. The van der Waals surface area contributed by atoms with Crippen LogP contribution in [0.3, 0.4) is 0 Å². The molecule has 23 heavy (non-hydrogen) atoms. The van der Waals surface area contributed by atoms with E-state index in [1.165, 1.54) is 0 Å². The zero-order valence-corrected chi connectivity index (χ0v) is 13.4. The second kappa shape index (κ2) is 5.66. The van der Waals surface area contributed by atoms with Crippen LogP contribution in [0, 0.1) is 0 Å². The monoisotopic (exact) mass is 327 g/mol. The number of amides is 1. The van der Waals surface area contributed by atoms with Gasteiger partial charge in [0.15, 0.2) is 0 Å². The van der Waals surface area contributed by atoms with Crippen molar-refractivity contribution < 1.29 is 4.79 Å². The molecule has 0 saturated heterocycles. The lowest BCUT2D eigenvalue weighted by atomic mass is 10.1. The first-order valence-electron chi connectivity index (χ1n) is 7.72. The molecular formula is C16H17N5OS. The lowest BCUT2D eigenvalue weighted by molar-refractivity contribution is 0.100. The molecule has 1 amide bonds. The first kappa shape index (κ1) is 14.2. The number of anilines is 1. The van der Waals surface area contributed by atoms with Gasteiger partial charge in [0.05, 0.1) is 15.7 Å². The van der Waals surface area contributed by atoms with E-state index in [-0.39, 0.29) is 0 Å². The average molecular weight is 327 g/mol. The Balaban J connectivity index is 1.89. The minimum Gasteiger partial charge on any atom is -0.370 e. The van der Waals surface area contributed by atoms with Gasteiger partial charge in [-0.25, -0.2) is 9.67 Å². The summed E-state index contributed by atoms with van der Waals surface area (Å²) in [5.41, 5.74) is 10.4. The van der Waals surface area contributed by atoms with E-state index in [4.69, 9.17) is 5.73 Å². The van der Waals surface area contributed by atoms with Gasteiger partial charge >= 0.3 is 0 Å². The normalized spacial score (nSPS) is 14.8. The van der Waals surface area contributed by atoms with E-state index in [1.54, 1.807) is 11.3 Å². The highest BCUT2D eigenvalue weighted by Crippen LogP contribution is 2.32. The Bertz CT molecular complexity index is 882. The Morgan fingerprint density at radius 1 is 1.30 bits per heavy atom. The van der Waals surface area contributed by atoms with Crippen LogP contribution in [-0.2, 0) is 6.54 Å². The fourth-order valence-corrected chi connectivity index (χ4v) is 3.67. The van der Waals surface area contributed by atoms with Crippen molar-refractivity contribution in [2.75, 3.05) is 11.9 Å². The number of nitrogens with zero attached hydrogens (tertiary/aromatic N) is 3. The van der Waals surface area contributed by atoms with Crippen molar-refractivity contribution in [2.24, 2.45) is 5.73 Å². The number of nitrogens with one attached hydrogen (secondary N) is 1. The van der Waals surface area contributed by atoms with E-state index in [1.807, 2.05) is 28.4 Å². The van der Waals surface area contributed by atoms with Gasteiger partial charge in [0.1, 0.15) is 17.1 Å². The molecule has 0 aliphatic carbocycles. The number of carbonyl (C=O) groups is 1. The first-order chi connectivity index (χ1) is 11.2. The number of aryl methyl sites for hydroxylation is 1. The van der Waals surface area contributed by atoms with Crippen molar-refractivity contribution in [3.63, 3.8) is 0 Å². The fourth-order valence-electron chi connectivity index (χ4n) is 3.01. The second-order valence-corrected chi connectivity index (χ2v) is 6.57. The summed E-state index contributed by atoms with van der Waals surface area (Å²) in [5.74, 6) is 0.290. The Labute approximate surface area is 137 Å². The van der Waals surface area contributed by atoms with Crippen molar-refractivity contribution in [1.29, 1.82) is 0 Å². The fraction of sp³-hybridized carbons (Fsp3) is 0.312. The minimum absolute atomic E-state index is 0.451. The maximum absolute atomic E-state index is 12.1. The molecule has 1 aliphatic rings. The van der Waals surface area contributed by atoms with Gasteiger partial charge in [-0.1, -0.05) is 6.07 Å². The molecule has 0 bridgehead atoms. The van der Waals surface area contributed by atoms with Crippen molar-refractivity contribution >= 4 is 33.3 Å². The molecule has 1 aromatic carbocycles. The molecule has 0 atom stereocenters. The summed E-state index contributed by atoms with van der Waals surface area (Å²) in [6, 6.07) is 5.95. The van der Waals surface area contributed by atoms with Gasteiger partial charge in [0.25, 0.3) is 5.91 Å². The topological polar surface area (TPSA) is 85.8 Å². The molecule has 7 heteroatoms. The lowest BCUT2D eigenvalue weighted by Gasteiger charge is -2.14. The highest BCUT2D eigenvalue weighted by Gasteiger charge is 2.24. The van der Waals surface area contributed by atoms with E-state index >= 15 is 0 Å². The van der Waals surface area contributed by atoms with Gasteiger partial charge < -0.3 is 11.1 Å². The third-order valence-corrected chi connectivity index (χ3v) is 4.95. The minimum atomic E-state index is -0.451. The Morgan fingerprint density at radius 3 is 3.09 bits per heavy atom. The first-order valence-corrected chi connectivity index (χ1v) is 8.60. The van der Waals surface area contributed by atoms with Gasteiger partial charge in [-0.2, -0.15) is 5.10 Å². The molecule has 0 unspecified atom stereocenters. The van der Waals surface area contributed by atoms with Crippen LogP contribution >= 0.6 is 11.3 Å². The van der Waals surface area contributed by atoms with Crippen LogP contribution in [0.4, 0.5) is 5.82 Å². The summed E-state index contributed by atoms with van der Waals surface area (Å²) < 4.78 is 2.99. The van der Waals surface area contributed by atoms with Crippen molar-refractivity contribution in [3.05, 3.63) is 29.3 Å². The summed E-state index contributed by atoms with van der Waals surface area (Å²) in [5, 5.41) is 7.99. The van der Waals surface area contributed by atoms with E-state index in [0.29, 0.717) is 11.3 Å². The average Bonchev–Trinajstić information content (AvgIpc) is 3.10. The van der Waals surface area contributed by atoms with E-state index in [2.05, 4.69) is 15.4 Å². The Hall–Kier alpha value is -2.41. The van der Waals surface area contributed by atoms with Gasteiger partial charge in [-0.05, 0) is 31.4 Å².